The van der Waals surface area contributed by atoms with Crippen LogP contribution in [0.2, 0.25) is 0 Å². The van der Waals surface area contributed by atoms with Crippen molar-refractivity contribution in [1.29, 1.82) is 0 Å². The van der Waals surface area contributed by atoms with Crippen LogP contribution >= 0.6 is 11.3 Å². The predicted molar refractivity (Wildman–Crippen MR) is 63.5 cm³/mol. The van der Waals surface area contributed by atoms with Gasteiger partial charge in [-0.05, 0) is 30.9 Å². The van der Waals surface area contributed by atoms with E-state index in [4.69, 9.17) is 0 Å². The van der Waals surface area contributed by atoms with Crippen LogP contribution < -0.4 is 0 Å². The minimum absolute atomic E-state index is 0.555. The fraction of sp³-hybridized carbons (Fsp3) is 0.308. The molecule has 0 spiro atoms. The maximum Gasteiger partial charge on any atom is 0.100 e. The maximum absolute atomic E-state index is 4.61. The van der Waals surface area contributed by atoms with Crippen molar-refractivity contribution in [3.63, 3.8) is 0 Å². The molecule has 3 rings (SSSR count). The Morgan fingerprint density at radius 2 is 2.20 bits per heavy atom. The van der Waals surface area contributed by atoms with Crippen LogP contribution in [0.25, 0.3) is 0 Å². The third-order valence-electron chi connectivity index (χ3n) is 3.07. The van der Waals surface area contributed by atoms with Gasteiger partial charge in [0.1, 0.15) is 5.01 Å². The minimum atomic E-state index is 0.555. The van der Waals surface area contributed by atoms with Gasteiger partial charge in [-0.15, -0.1) is 11.3 Å². The second-order valence-electron chi connectivity index (χ2n) is 4.12. The monoisotopic (exact) mass is 215 g/mol. The van der Waals surface area contributed by atoms with Crippen molar-refractivity contribution >= 4 is 11.3 Å². The molecule has 15 heavy (non-hydrogen) atoms. The van der Waals surface area contributed by atoms with E-state index in [9.17, 15) is 0 Å². The van der Waals surface area contributed by atoms with E-state index in [1.165, 1.54) is 29.0 Å². The number of nitrogens with zero attached hydrogens (tertiary/aromatic N) is 1. The molecular formula is C13H13NS. The molecule has 1 aliphatic carbocycles. The van der Waals surface area contributed by atoms with Gasteiger partial charge in [-0.3, -0.25) is 0 Å². The van der Waals surface area contributed by atoms with E-state index in [0.717, 1.165) is 5.69 Å². The van der Waals surface area contributed by atoms with Crippen molar-refractivity contribution in [3.05, 3.63) is 51.5 Å². The smallest absolute Gasteiger partial charge is 0.100 e. The van der Waals surface area contributed by atoms with Crippen molar-refractivity contribution in [2.24, 2.45) is 0 Å². The zero-order valence-electron chi connectivity index (χ0n) is 8.73. The zero-order valence-corrected chi connectivity index (χ0v) is 9.55. The Bertz CT molecular complexity index is 487. The summed E-state index contributed by atoms with van der Waals surface area (Å²) >= 11 is 1.80. The molecule has 1 nitrogen and oxygen atoms in total. The van der Waals surface area contributed by atoms with Crippen LogP contribution in [0.4, 0.5) is 0 Å². The van der Waals surface area contributed by atoms with Crippen LogP contribution in [-0.4, -0.2) is 4.98 Å². The first kappa shape index (κ1) is 9.10. The number of hydrogen-bond donors (Lipinski definition) is 0. The lowest BCUT2D eigenvalue weighted by Gasteiger charge is -2.07. The molecule has 0 N–H and O–H groups in total. The SMILES string of the molecule is Cc1csc(C2CCc3ccccc32)n1. The molecule has 0 saturated heterocycles. The summed E-state index contributed by atoms with van der Waals surface area (Å²) in [5.74, 6) is 0.555. The van der Waals surface area contributed by atoms with Crippen LogP contribution in [0, 0.1) is 6.92 Å². The summed E-state index contributed by atoms with van der Waals surface area (Å²) in [5, 5.41) is 3.44. The maximum atomic E-state index is 4.61. The molecule has 0 fully saturated rings. The van der Waals surface area contributed by atoms with Gasteiger partial charge in [0.2, 0.25) is 0 Å². The van der Waals surface area contributed by atoms with E-state index in [-0.39, 0.29) is 0 Å². The Morgan fingerprint density at radius 3 is 3.00 bits per heavy atom. The fourth-order valence-corrected chi connectivity index (χ4v) is 3.30. The predicted octanol–water partition coefficient (Wildman–Crippen LogP) is 3.53. The molecule has 1 atom stereocenters. The highest BCUT2D eigenvalue weighted by Gasteiger charge is 2.25. The Labute approximate surface area is 93.8 Å². The number of hydrogen-bond acceptors (Lipinski definition) is 2. The van der Waals surface area contributed by atoms with E-state index in [1.54, 1.807) is 11.3 Å². The van der Waals surface area contributed by atoms with Crippen molar-refractivity contribution in [2.75, 3.05) is 0 Å². The first-order valence-electron chi connectivity index (χ1n) is 5.34. The van der Waals surface area contributed by atoms with Gasteiger partial charge in [0, 0.05) is 17.0 Å². The Balaban J connectivity index is 2.04. The molecule has 2 aromatic rings. The fourth-order valence-electron chi connectivity index (χ4n) is 2.35. The van der Waals surface area contributed by atoms with Crippen molar-refractivity contribution < 1.29 is 0 Å². The molecule has 1 heterocycles. The topological polar surface area (TPSA) is 12.9 Å². The molecule has 1 aromatic heterocycles. The van der Waals surface area contributed by atoms with Crippen LogP contribution in [0.3, 0.4) is 0 Å². The minimum Gasteiger partial charge on any atom is -0.246 e. The summed E-state index contributed by atoms with van der Waals surface area (Å²) < 4.78 is 0. The molecule has 0 saturated carbocycles. The number of aryl methyl sites for hydroxylation is 2. The van der Waals surface area contributed by atoms with Gasteiger partial charge in [0.05, 0.1) is 0 Å². The molecular weight excluding hydrogens is 202 g/mol. The van der Waals surface area contributed by atoms with Gasteiger partial charge in [-0.1, -0.05) is 24.3 Å². The van der Waals surface area contributed by atoms with Crippen molar-refractivity contribution in [1.82, 2.24) is 4.98 Å². The molecule has 0 aliphatic heterocycles. The normalized spacial score (nSPS) is 19.1. The molecule has 1 unspecified atom stereocenters. The van der Waals surface area contributed by atoms with E-state index in [1.807, 2.05) is 0 Å². The lowest BCUT2D eigenvalue weighted by atomic mass is 10.0. The quantitative estimate of drug-likeness (QED) is 0.709. The first-order chi connectivity index (χ1) is 7.34. The molecule has 0 amide bonds. The highest BCUT2D eigenvalue weighted by molar-refractivity contribution is 7.09. The number of thiazole rings is 1. The Morgan fingerprint density at radius 1 is 1.33 bits per heavy atom. The third-order valence-corrected chi connectivity index (χ3v) is 4.14. The summed E-state index contributed by atoms with van der Waals surface area (Å²) in [7, 11) is 0. The standard InChI is InChI=1S/C13H13NS/c1-9-8-15-13(14-9)12-7-6-10-4-2-3-5-11(10)12/h2-5,8,12H,6-7H2,1H3. The number of fused-ring (bicyclic) bond motifs is 1. The second kappa shape index (κ2) is 3.46. The Hall–Kier alpha value is -1.15. The molecule has 0 bridgehead atoms. The Kier molecular flexibility index (Phi) is 2.10. The molecule has 1 aliphatic rings. The third kappa shape index (κ3) is 1.49. The van der Waals surface area contributed by atoms with Crippen molar-refractivity contribution in [2.45, 2.75) is 25.7 Å². The van der Waals surface area contributed by atoms with Crippen LogP contribution in [0.5, 0.6) is 0 Å². The van der Waals surface area contributed by atoms with Crippen molar-refractivity contribution in [3.8, 4) is 0 Å². The van der Waals surface area contributed by atoms with Gasteiger partial charge in [0.15, 0.2) is 0 Å². The van der Waals surface area contributed by atoms with E-state index >= 15 is 0 Å². The second-order valence-corrected chi connectivity index (χ2v) is 5.01. The average Bonchev–Trinajstić information content (AvgIpc) is 2.83. The summed E-state index contributed by atoms with van der Waals surface area (Å²) in [6.45, 7) is 2.07. The highest BCUT2D eigenvalue weighted by atomic mass is 32.1. The molecule has 76 valence electrons. The summed E-state index contributed by atoms with van der Waals surface area (Å²) in [5.41, 5.74) is 4.15. The highest BCUT2D eigenvalue weighted by Crippen LogP contribution is 2.38. The van der Waals surface area contributed by atoms with Gasteiger partial charge >= 0.3 is 0 Å². The van der Waals surface area contributed by atoms with Gasteiger partial charge < -0.3 is 0 Å². The molecule has 1 aromatic carbocycles. The number of rotatable bonds is 1. The zero-order chi connectivity index (χ0) is 10.3. The van der Waals surface area contributed by atoms with Crippen LogP contribution in [-0.2, 0) is 6.42 Å². The van der Waals surface area contributed by atoms with E-state index in [2.05, 4.69) is 41.6 Å². The van der Waals surface area contributed by atoms with Crippen LogP contribution in [0.1, 0.15) is 34.2 Å². The number of benzene rings is 1. The van der Waals surface area contributed by atoms with Gasteiger partial charge in [-0.25, -0.2) is 4.98 Å². The summed E-state index contributed by atoms with van der Waals surface area (Å²) in [4.78, 5) is 4.61. The largest absolute Gasteiger partial charge is 0.246 e. The summed E-state index contributed by atoms with van der Waals surface area (Å²) in [6.07, 6.45) is 2.44. The van der Waals surface area contributed by atoms with E-state index in [0.29, 0.717) is 5.92 Å². The van der Waals surface area contributed by atoms with Crippen LogP contribution in [0.15, 0.2) is 29.6 Å². The lowest BCUT2D eigenvalue weighted by Crippen LogP contribution is -1.95. The average molecular weight is 215 g/mol. The van der Waals surface area contributed by atoms with Gasteiger partial charge in [0.25, 0.3) is 0 Å². The number of aromatic nitrogens is 1. The lowest BCUT2D eigenvalue weighted by molar-refractivity contribution is 0.778. The molecule has 2 heteroatoms. The summed E-state index contributed by atoms with van der Waals surface area (Å²) in [6, 6.07) is 8.77. The van der Waals surface area contributed by atoms with E-state index < -0.39 is 0 Å². The van der Waals surface area contributed by atoms with Gasteiger partial charge in [-0.2, -0.15) is 0 Å². The molecule has 0 radical (unpaired) electrons. The first-order valence-corrected chi connectivity index (χ1v) is 6.22.